The van der Waals surface area contributed by atoms with Gasteiger partial charge >= 0.3 is 0 Å². The van der Waals surface area contributed by atoms with Crippen molar-refractivity contribution in [2.45, 2.75) is 40.5 Å². The van der Waals surface area contributed by atoms with Gasteiger partial charge in [0.1, 0.15) is 0 Å². The summed E-state index contributed by atoms with van der Waals surface area (Å²) in [4.78, 5) is 32.3. The third-order valence-corrected chi connectivity index (χ3v) is 5.02. The SMILES string of the molecule is Cc1[nH]c2ccccc2c1CC(=O)N1CCN(C(=O)CC(C)(C)C)CC1. The third kappa shape index (κ3) is 4.09. The van der Waals surface area contributed by atoms with E-state index in [1.54, 1.807) is 0 Å². The van der Waals surface area contributed by atoms with Crippen LogP contribution in [0.15, 0.2) is 24.3 Å². The lowest BCUT2D eigenvalue weighted by Gasteiger charge is -2.36. The van der Waals surface area contributed by atoms with Gasteiger partial charge < -0.3 is 14.8 Å². The lowest BCUT2D eigenvalue weighted by Crippen LogP contribution is -2.51. The smallest absolute Gasteiger partial charge is 0.227 e. The zero-order valence-electron chi connectivity index (χ0n) is 16.3. The topological polar surface area (TPSA) is 56.4 Å². The molecular formula is C21H29N3O2. The van der Waals surface area contributed by atoms with Crippen LogP contribution in [-0.2, 0) is 16.0 Å². The van der Waals surface area contributed by atoms with Crippen molar-refractivity contribution in [3.8, 4) is 0 Å². The summed E-state index contributed by atoms with van der Waals surface area (Å²) in [7, 11) is 0. The van der Waals surface area contributed by atoms with Crippen molar-refractivity contribution in [2.75, 3.05) is 26.2 Å². The van der Waals surface area contributed by atoms with Gasteiger partial charge in [-0.3, -0.25) is 9.59 Å². The zero-order valence-corrected chi connectivity index (χ0v) is 16.3. The predicted molar refractivity (Wildman–Crippen MR) is 104 cm³/mol. The maximum atomic E-state index is 12.8. The first-order valence-electron chi connectivity index (χ1n) is 9.36. The first kappa shape index (κ1) is 18.5. The van der Waals surface area contributed by atoms with Gasteiger partial charge in [-0.1, -0.05) is 39.0 Å². The van der Waals surface area contributed by atoms with Crippen LogP contribution in [0.5, 0.6) is 0 Å². The standard InChI is InChI=1S/C21H29N3O2/c1-15-17(16-7-5-6-8-18(16)22-15)13-19(25)23-9-11-24(12-10-23)20(26)14-21(2,3)4/h5-8,22H,9-14H2,1-4H3. The fraction of sp³-hybridized carbons (Fsp3) is 0.524. The van der Waals surface area contributed by atoms with E-state index in [9.17, 15) is 9.59 Å². The van der Waals surface area contributed by atoms with Gasteiger partial charge in [0.05, 0.1) is 6.42 Å². The molecular weight excluding hydrogens is 326 g/mol. The molecule has 0 aliphatic carbocycles. The number of hydrogen-bond donors (Lipinski definition) is 1. The lowest BCUT2D eigenvalue weighted by atomic mass is 9.91. The van der Waals surface area contributed by atoms with Crippen LogP contribution >= 0.6 is 0 Å². The van der Waals surface area contributed by atoms with Gasteiger partial charge in [0.2, 0.25) is 11.8 Å². The Morgan fingerprint density at radius 3 is 2.19 bits per heavy atom. The molecule has 1 aromatic heterocycles. The van der Waals surface area contributed by atoms with Gasteiger partial charge in [0.25, 0.3) is 0 Å². The predicted octanol–water partition coefficient (Wildman–Crippen LogP) is 3.13. The Kier molecular flexibility index (Phi) is 5.08. The van der Waals surface area contributed by atoms with Crippen LogP contribution in [0, 0.1) is 12.3 Å². The highest BCUT2D eigenvalue weighted by Gasteiger charge is 2.27. The van der Waals surface area contributed by atoms with Gasteiger partial charge in [-0.2, -0.15) is 0 Å². The first-order chi connectivity index (χ1) is 12.2. The van der Waals surface area contributed by atoms with Gasteiger partial charge in [0, 0.05) is 49.2 Å². The highest BCUT2D eigenvalue weighted by molar-refractivity contribution is 5.90. The number of nitrogens with zero attached hydrogens (tertiary/aromatic N) is 2. The number of carbonyl (C=O) groups is 2. The number of piperazine rings is 1. The monoisotopic (exact) mass is 355 g/mol. The average molecular weight is 355 g/mol. The molecule has 1 aliphatic heterocycles. The van der Waals surface area contributed by atoms with E-state index in [1.807, 2.05) is 34.9 Å². The molecule has 140 valence electrons. The third-order valence-electron chi connectivity index (χ3n) is 5.02. The van der Waals surface area contributed by atoms with Gasteiger partial charge in [-0.05, 0) is 24.0 Å². The molecule has 0 spiro atoms. The molecule has 26 heavy (non-hydrogen) atoms. The summed E-state index contributed by atoms with van der Waals surface area (Å²) < 4.78 is 0. The van der Waals surface area contributed by atoms with Gasteiger partial charge in [-0.25, -0.2) is 0 Å². The molecule has 5 nitrogen and oxygen atoms in total. The Labute approximate surface area is 155 Å². The second-order valence-corrected chi connectivity index (χ2v) is 8.45. The molecule has 1 saturated heterocycles. The second kappa shape index (κ2) is 7.14. The van der Waals surface area contributed by atoms with Crippen molar-refractivity contribution in [1.29, 1.82) is 0 Å². The Balaban J connectivity index is 1.60. The maximum Gasteiger partial charge on any atom is 0.227 e. The molecule has 1 aromatic carbocycles. The maximum absolute atomic E-state index is 12.8. The zero-order chi connectivity index (χ0) is 18.9. The number of amides is 2. The number of benzene rings is 1. The summed E-state index contributed by atoms with van der Waals surface area (Å²) >= 11 is 0. The summed E-state index contributed by atoms with van der Waals surface area (Å²) in [5.41, 5.74) is 3.21. The van der Waals surface area contributed by atoms with E-state index in [-0.39, 0.29) is 17.2 Å². The molecule has 2 amide bonds. The molecule has 2 aromatic rings. The number of nitrogens with one attached hydrogen (secondary N) is 1. The summed E-state index contributed by atoms with van der Waals surface area (Å²) in [6.45, 7) is 10.8. The van der Waals surface area contributed by atoms with E-state index in [4.69, 9.17) is 0 Å². The van der Waals surface area contributed by atoms with Crippen LogP contribution < -0.4 is 0 Å². The van der Waals surface area contributed by atoms with Crippen LogP contribution in [0.3, 0.4) is 0 Å². The minimum absolute atomic E-state index is 0.00307. The van der Waals surface area contributed by atoms with E-state index in [1.165, 1.54) is 0 Å². The number of aryl methyl sites for hydroxylation is 1. The quantitative estimate of drug-likeness (QED) is 0.920. The normalized spacial score (nSPS) is 15.5. The highest BCUT2D eigenvalue weighted by Crippen LogP contribution is 2.23. The number of para-hydroxylation sites is 1. The van der Waals surface area contributed by atoms with Gasteiger partial charge in [0.15, 0.2) is 0 Å². The molecule has 1 aliphatic rings. The minimum Gasteiger partial charge on any atom is -0.358 e. The molecule has 1 fully saturated rings. The first-order valence-corrected chi connectivity index (χ1v) is 9.36. The van der Waals surface area contributed by atoms with E-state index >= 15 is 0 Å². The van der Waals surface area contributed by atoms with E-state index in [2.05, 4.69) is 31.8 Å². The Hall–Kier alpha value is -2.30. The number of H-pyrrole nitrogens is 1. The Morgan fingerprint density at radius 1 is 1.00 bits per heavy atom. The van der Waals surface area contributed by atoms with Crippen molar-refractivity contribution < 1.29 is 9.59 Å². The van der Waals surface area contributed by atoms with Crippen molar-refractivity contribution >= 4 is 22.7 Å². The summed E-state index contributed by atoms with van der Waals surface area (Å²) in [6, 6.07) is 8.10. The van der Waals surface area contributed by atoms with Crippen LogP contribution in [-0.4, -0.2) is 52.8 Å². The number of rotatable bonds is 3. The fourth-order valence-corrected chi connectivity index (χ4v) is 3.60. The van der Waals surface area contributed by atoms with Crippen LogP contribution in [0.1, 0.15) is 38.4 Å². The molecule has 0 saturated carbocycles. The molecule has 3 rings (SSSR count). The van der Waals surface area contributed by atoms with Crippen LogP contribution in [0.2, 0.25) is 0 Å². The highest BCUT2D eigenvalue weighted by atomic mass is 16.2. The number of aromatic nitrogens is 1. The van der Waals surface area contributed by atoms with Crippen molar-refractivity contribution in [3.63, 3.8) is 0 Å². The lowest BCUT2D eigenvalue weighted by molar-refractivity contribution is -0.140. The van der Waals surface area contributed by atoms with E-state index in [0.717, 1.165) is 22.2 Å². The summed E-state index contributed by atoms with van der Waals surface area (Å²) in [5.74, 6) is 0.331. The second-order valence-electron chi connectivity index (χ2n) is 8.45. The number of carbonyl (C=O) groups excluding carboxylic acids is 2. The summed E-state index contributed by atoms with van der Waals surface area (Å²) in [5, 5.41) is 1.12. The van der Waals surface area contributed by atoms with Gasteiger partial charge in [-0.15, -0.1) is 0 Å². The molecule has 5 heteroatoms. The van der Waals surface area contributed by atoms with Crippen molar-refractivity contribution in [3.05, 3.63) is 35.5 Å². The van der Waals surface area contributed by atoms with Crippen molar-refractivity contribution in [1.82, 2.24) is 14.8 Å². The molecule has 0 atom stereocenters. The van der Waals surface area contributed by atoms with Crippen LogP contribution in [0.4, 0.5) is 0 Å². The Morgan fingerprint density at radius 2 is 1.58 bits per heavy atom. The average Bonchev–Trinajstić information content (AvgIpc) is 2.89. The Bertz CT molecular complexity index is 808. The molecule has 2 heterocycles. The largest absolute Gasteiger partial charge is 0.358 e. The number of fused-ring (bicyclic) bond motifs is 1. The van der Waals surface area contributed by atoms with E-state index in [0.29, 0.717) is 39.0 Å². The minimum atomic E-state index is -0.00307. The van der Waals surface area contributed by atoms with E-state index < -0.39 is 0 Å². The molecule has 1 N–H and O–H groups in total. The molecule has 0 bridgehead atoms. The fourth-order valence-electron chi connectivity index (χ4n) is 3.60. The molecule has 0 unspecified atom stereocenters. The van der Waals surface area contributed by atoms with Crippen molar-refractivity contribution in [2.24, 2.45) is 5.41 Å². The number of hydrogen-bond acceptors (Lipinski definition) is 2. The number of aromatic amines is 1. The summed E-state index contributed by atoms with van der Waals surface area (Å²) in [6.07, 6.45) is 0.960. The van der Waals surface area contributed by atoms with Crippen LogP contribution in [0.25, 0.3) is 10.9 Å². The molecule has 0 radical (unpaired) electrons.